The molecule has 1 heterocycles. The maximum absolute atomic E-state index is 10.3. The Morgan fingerprint density at radius 3 is 2.67 bits per heavy atom. The van der Waals surface area contributed by atoms with E-state index in [1.54, 1.807) is 12.5 Å². The molecular weight excluding hydrogens is 188 g/mol. The van der Waals surface area contributed by atoms with E-state index in [4.69, 9.17) is 4.42 Å². The van der Waals surface area contributed by atoms with Gasteiger partial charge in [0.05, 0.1) is 18.1 Å². The molecule has 0 amide bonds. The Bertz CT molecular complexity index is 349. The van der Waals surface area contributed by atoms with E-state index in [9.17, 15) is 5.11 Å². The van der Waals surface area contributed by atoms with Gasteiger partial charge in [-0.3, -0.25) is 0 Å². The fraction of sp³-hybridized carbons (Fsp3) is 0.538. The fourth-order valence-corrected chi connectivity index (χ4v) is 1.98. The van der Waals surface area contributed by atoms with Crippen LogP contribution in [0, 0.1) is 5.41 Å². The normalized spacial score (nSPS) is 29.3. The first-order valence-electron chi connectivity index (χ1n) is 5.43. The summed E-state index contributed by atoms with van der Waals surface area (Å²) in [5.41, 5.74) is 0.601. The lowest BCUT2D eigenvalue weighted by Crippen LogP contribution is -2.34. The Balaban J connectivity index is 2.09. The van der Waals surface area contributed by atoms with Gasteiger partial charge in [0.15, 0.2) is 0 Å². The van der Waals surface area contributed by atoms with Gasteiger partial charge in [-0.1, -0.05) is 26.0 Å². The lowest BCUT2D eigenvalue weighted by atomic mass is 9.75. The smallest absolute Gasteiger partial charge is 0.0935 e. The number of hydrogen-bond donors (Lipinski definition) is 1. The van der Waals surface area contributed by atoms with Crippen LogP contribution in [0.4, 0.5) is 0 Å². The molecule has 2 heteroatoms. The molecule has 2 rings (SSSR count). The van der Waals surface area contributed by atoms with E-state index in [-0.39, 0.29) is 5.41 Å². The lowest BCUT2D eigenvalue weighted by Gasteiger charge is -2.34. The van der Waals surface area contributed by atoms with Crippen molar-refractivity contribution in [2.45, 2.75) is 38.7 Å². The Labute approximate surface area is 90.6 Å². The van der Waals surface area contributed by atoms with E-state index < -0.39 is 5.60 Å². The van der Waals surface area contributed by atoms with Crippen LogP contribution in [0.1, 0.15) is 32.3 Å². The highest BCUT2D eigenvalue weighted by Gasteiger charge is 2.32. The van der Waals surface area contributed by atoms with Crippen molar-refractivity contribution in [2.24, 2.45) is 5.41 Å². The maximum Gasteiger partial charge on any atom is 0.0935 e. The number of allylic oxidation sites excluding steroid dienone is 1. The third-order valence-corrected chi connectivity index (χ3v) is 3.14. The van der Waals surface area contributed by atoms with E-state index in [1.165, 1.54) is 0 Å². The summed E-state index contributed by atoms with van der Waals surface area (Å²) in [7, 11) is 0. The van der Waals surface area contributed by atoms with Gasteiger partial charge >= 0.3 is 0 Å². The molecule has 0 radical (unpaired) electrons. The molecule has 1 aromatic heterocycles. The number of hydrogen-bond acceptors (Lipinski definition) is 2. The molecule has 0 fully saturated rings. The van der Waals surface area contributed by atoms with Crippen LogP contribution in [0.5, 0.6) is 0 Å². The van der Waals surface area contributed by atoms with Gasteiger partial charge in [-0.25, -0.2) is 0 Å². The van der Waals surface area contributed by atoms with Gasteiger partial charge in [0.25, 0.3) is 0 Å². The van der Waals surface area contributed by atoms with Crippen molar-refractivity contribution in [1.29, 1.82) is 0 Å². The quantitative estimate of drug-likeness (QED) is 0.755. The minimum Gasteiger partial charge on any atom is -0.472 e. The summed E-state index contributed by atoms with van der Waals surface area (Å²) in [5.74, 6) is 0. The van der Waals surface area contributed by atoms with Gasteiger partial charge in [-0.05, 0) is 29.9 Å². The van der Waals surface area contributed by atoms with Gasteiger partial charge in [0.1, 0.15) is 0 Å². The number of furan rings is 1. The number of aliphatic hydroxyl groups is 1. The van der Waals surface area contributed by atoms with Gasteiger partial charge in [0.2, 0.25) is 0 Å². The van der Waals surface area contributed by atoms with Crippen LogP contribution in [-0.4, -0.2) is 10.7 Å². The second kappa shape index (κ2) is 3.53. The number of rotatable bonds is 2. The van der Waals surface area contributed by atoms with Gasteiger partial charge < -0.3 is 9.52 Å². The third kappa shape index (κ3) is 2.51. The minimum atomic E-state index is -0.681. The Kier molecular flexibility index (Phi) is 2.47. The molecule has 1 atom stereocenters. The van der Waals surface area contributed by atoms with Crippen LogP contribution in [0.25, 0.3) is 0 Å². The van der Waals surface area contributed by atoms with E-state index in [2.05, 4.69) is 19.9 Å². The second-order valence-corrected chi connectivity index (χ2v) is 5.23. The molecule has 1 unspecified atom stereocenters. The largest absolute Gasteiger partial charge is 0.472 e. The van der Waals surface area contributed by atoms with Crippen molar-refractivity contribution in [3.8, 4) is 0 Å². The summed E-state index contributed by atoms with van der Waals surface area (Å²) >= 11 is 0. The molecule has 0 saturated heterocycles. The highest BCUT2D eigenvalue weighted by atomic mass is 16.3. The predicted molar refractivity (Wildman–Crippen MR) is 59.5 cm³/mol. The first-order valence-corrected chi connectivity index (χ1v) is 5.43. The highest BCUT2D eigenvalue weighted by molar-refractivity contribution is 5.18. The molecule has 0 spiro atoms. The summed E-state index contributed by atoms with van der Waals surface area (Å²) in [6.07, 6.45) is 9.91. The summed E-state index contributed by atoms with van der Waals surface area (Å²) in [6, 6.07) is 1.91. The average molecular weight is 206 g/mol. The highest BCUT2D eigenvalue weighted by Crippen LogP contribution is 2.35. The summed E-state index contributed by atoms with van der Waals surface area (Å²) in [4.78, 5) is 0. The molecular formula is C13H18O2. The SMILES string of the molecule is CC1(C)C=CC(O)(Cc2ccoc2)CC1. The molecule has 82 valence electrons. The zero-order chi connectivity index (χ0) is 10.9. The molecule has 1 aromatic rings. The van der Waals surface area contributed by atoms with Gasteiger partial charge in [0, 0.05) is 6.42 Å². The monoisotopic (exact) mass is 206 g/mol. The predicted octanol–water partition coefficient (Wildman–Crippen LogP) is 2.93. The Hall–Kier alpha value is -1.02. The van der Waals surface area contributed by atoms with Crippen LogP contribution in [0.15, 0.2) is 35.2 Å². The second-order valence-electron chi connectivity index (χ2n) is 5.23. The van der Waals surface area contributed by atoms with E-state index in [1.807, 2.05) is 12.1 Å². The lowest BCUT2D eigenvalue weighted by molar-refractivity contribution is 0.0609. The van der Waals surface area contributed by atoms with E-state index >= 15 is 0 Å². The standard InChI is InChI=1S/C13H18O2/c1-12(2)4-6-13(14,7-5-12)9-11-3-8-15-10-11/h3-4,6,8,10,14H,5,7,9H2,1-2H3. The van der Waals surface area contributed by atoms with Crippen LogP contribution in [0.3, 0.4) is 0 Å². The van der Waals surface area contributed by atoms with Crippen LogP contribution < -0.4 is 0 Å². The molecule has 2 nitrogen and oxygen atoms in total. The van der Waals surface area contributed by atoms with Crippen molar-refractivity contribution in [1.82, 2.24) is 0 Å². The zero-order valence-electron chi connectivity index (χ0n) is 9.36. The maximum atomic E-state index is 10.3. The van der Waals surface area contributed by atoms with Crippen LogP contribution in [0.2, 0.25) is 0 Å². The average Bonchev–Trinajstić information content (AvgIpc) is 2.64. The molecule has 0 bridgehead atoms. The third-order valence-electron chi connectivity index (χ3n) is 3.14. The van der Waals surface area contributed by atoms with Crippen molar-refractivity contribution >= 4 is 0 Å². The van der Waals surface area contributed by atoms with Crippen LogP contribution >= 0.6 is 0 Å². The van der Waals surface area contributed by atoms with E-state index in [0.717, 1.165) is 18.4 Å². The van der Waals surface area contributed by atoms with Crippen molar-refractivity contribution in [3.63, 3.8) is 0 Å². The molecule has 0 aliphatic heterocycles. The Morgan fingerprint density at radius 2 is 2.13 bits per heavy atom. The molecule has 0 saturated carbocycles. The van der Waals surface area contributed by atoms with Crippen molar-refractivity contribution < 1.29 is 9.52 Å². The van der Waals surface area contributed by atoms with E-state index in [0.29, 0.717) is 6.42 Å². The molecule has 1 aliphatic rings. The van der Waals surface area contributed by atoms with Gasteiger partial charge in [-0.15, -0.1) is 0 Å². The first kappa shape index (κ1) is 10.5. The molecule has 1 aliphatic carbocycles. The summed E-state index contributed by atoms with van der Waals surface area (Å²) in [5, 5.41) is 10.3. The molecule has 1 N–H and O–H groups in total. The van der Waals surface area contributed by atoms with Crippen molar-refractivity contribution in [3.05, 3.63) is 36.3 Å². The summed E-state index contributed by atoms with van der Waals surface area (Å²) in [6.45, 7) is 4.39. The zero-order valence-corrected chi connectivity index (χ0v) is 9.36. The van der Waals surface area contributed by atoms with Crippen LogP contribution in [-0.2, 0) is 6.42 Å². The Morgan fingerprint density at radius 1 is 1.33 bits per heavy atom. The molecule has 0 aromatic carbocycles. The molecule has 15 heavy (non-hydrogen) atoms. The minimum absolute atomic E-state index is 0.225. The first-order chi connectivity index (χ1) is 6.99. The fourth-order valence-electron chi connectivity index (χ4n) is 1.98. The summed E-state index contributed by atoms with van der Waals surface area (Å²) < 4.78 is 5.01. The topological polar surface area (TPSA) is 33.4 Å². The van der Waals surface area contributed by atoms with Gasteiger partial charge in [-0.2, -0.15) is 0 Å². The van der Waals surface area contributed by atoms with Crippen molar-refractivity contribution in [2.75, 3.05) is 0 Å².